The number of rotatable bonds is 3. The van der Waals surface area contributed by atoms with E-state index in [2.05, 4.69) is 20.8 Å². The normalized spacial score (nSPS) is 12.2. The first-order valence-electron chi connectivity index (χ1n) is 5.86. The number of anilines is 2. The summed E-state index contributed by atoms with van der Waals surface area (Å²) < 4.78 is 1.00. The molecule has 0 bridgehead atoms. The minimum Gasteiger partial charge on any atom is -0.389 e. The van der Waals surface area contributed by atoms with Gasteiger partial charge in [0.05, 0.1) is 6.10 Å². The molecule has 1 atom stereocenters. The van der Waals surface area contributed by atoms with E-state index in [9.17, 15) is 5.11 Å². The topological polar surface area (TPSA) is 23.5 Å². The van der Waals surface area contributed by atoms with E-state index in [0.717, 1.165) is 21.4 Å². The molecule has 2 nitrogen and oxygen atoms in total. The Bertz CT molecular complexity index is 525. The van der Waals surface area contributed by atoms with Crippen LogP contribution in [-0.4, -0.2) is 12.2 Å². The molecule has 2 aromatic rings. The molecular formula is C15H16BrNO. The number of hydrogen-bond acceptors (Lipinski definition) is 2. The largest absolute Gasteiger partial charge is 0.389 e. The summed E-state index contributed by atoms with van der Waals surface area (Å²) >= 11 is 3.48. The fourth-order valence-electron chi connectivity index (χ4n) is 1.95. The highest BCUT2D eigenvalue weighted by atomic mass is 79.9. The molecule has 0 aliphatic heterocycles. The number of halogens is 1. The van der Waals surface area contributed by atoms with Gasteiger partial charge in [0.25, 0.3) is 0 Å². The predicted octanol–water partition coefficient (Wildman–Crippen LogP) is 4.27. The molecule has 18 heavy (non-hydrogen) atoms. The summed E-state index contributed by atoms with van der Waals surface area (Å²) in [5.41, 5.74) is 3.02. The van der Waals surface area contributed by atoms with Crippen molar-refractivity contribution in [3.05, 3.63) is 58.6 Å². The van der Waals surface area contributed by atoms with E-state index in [4.69, 9.17) is 0 Å². The third kappa shape index (κ3) is 2.74. The Hall–Kier alpha value is -1.32. The van der Waals surface area contributed by atoms with Gasteiger partial charge < -0.3 is 10.0 Å². The smallest absolute Gasteiger partial charge is 0.0782 e. The molecule has 0 aliphatic carbocycles. The highest BCUT2D eigenvalue weighted by molar-refractivity contribution is 9.10. The van der Waals surface area contributed by atoms with Crippen molar-refractivity contribution in [1.82, 2.24) is 0 Å². The van der Waals surface area contributed by atoms with Crippen molar-refractivity contribution < 1.29 is 5.11 Å². The van der Waals surface area contributed by atoms with E-state index in [1.807, 2.05) is 55.6 Å². The summed E-state index contributed by atoms with van der Waals surface area (Å²) in [6.07, 6.45) is -0.487. The van der Waals surface area contributed by atoms with Crippen molar-refractivity contribution in [2.24, 2.45) is 0 Å². The van der Waals surface area contributed by atoms with Crippen LogP contribution in [0, 0.1) is 0 Å². The number of aliphatic hydroxyl groups excluding tert-OH is 1. The number of para-hydroxylation sites is 1. The second-order valence-electron chi connectivity index (χ2n) is 4.27. The molecule has 0 spiro atoms. The zero-order valence-corrected chi connectivity index (χ0v) is 12.1. The molecule has 2 aromatic carbocycles. The van der Waals surface area contributed by atoms with Crippen molar-refractivity contribution >= 4 is 27.3 Å². The first-order valence-corrected chi connectivity index (χ1v) is 6.65. The maximum atomic E-state index is 9.85. The van der Waals surface area contributed by atoms with Gasteiger partial charge in [-0.3, -0.25) is 0 Å². The van der Waals surface area contributed by atoms with Crippen LogP contribution in [0.5, 0.6) is 0 Å². The fraction of sp³-hybridized carbons (Fsp3) is 0.200. The Morgan fingerprint density at radius 3 is 2.39 bits per heavy atom. The average Bonchev–Trinajstić information content (AvgIpc) is 2.38. The molecule has 94 valence electrons. The van der Waals surface area contributed by atoms with Crippen LogP contribution in [0.1, 0.15) is 18.6 Å². The van der Waals surface area contributed by atoms with Gasteiger partial charge in [-0.2, -0.15) is 0 Å². The molecule has 0 heterocycles. The average molecular weight is 306 g/mol. The Kier molecular flexibility index (Phi) is 4.04. The summed E-state index contributed by atoms with van der Waals surface area (Å²) in [4.78, 5) is 2.08. The van der Waals surface area contributed by atoms with E-state index >= 15 is 0 Å². The molecule has 0 aliphatic rings. The molecule has 3 heteroatoms. The van der Waals surface area contributed by atoms with Crippen LogP contribution in [0.2, 0.25) is 0 Å². The van der Waals surface area contributed by atoms with Gasteiger partial charge >= 0.3 is 0 Å². The predicted molar refractivity (Wildman–Crippen MR) is 79.3 cm³/mol. The van der Waals surface area contributed by atoms with E-state index in [0.29, 0.717) is 0 Å². The van der Waals surface area contributed by atoms with Crippen molar-refractivity contribution in [3.63, 3.8) is 0 Å². The number of hydrogen-bond donors (Lipinski definition) is 1. The first-order chi connectivity index (χ1) is 8.59. The van der Waals surface area contributed by atoms with Gasteiger partial charge in [0.2, 0.25) is 0 Å². The van der Waals surface area contributed by atoms with Gasteiger partial charge in [-0.1, -0.05) is 40.2 Å². The molecule has 1 unspecified atom stereocenters. The minimum absolute atomic E-state index is 0.487. The minimum atomic E-state index is -0.487. The highest BCUT2D eigenvalue weighted by Crippen LogP contribution is 2.33. The van der Waals surface area contributed by atoms with Crippen molar-refractivity contribution in [1.29, 1.82) is 0 Å². The summed E-state index contributed by atoms with van der Waals surface area (Å²) in [5, 5.41) is 9.85. The van der Waals surface area contributed by atoms with Crippen molar-refractivity contribution in [3.8, 4) is 0 Å². The standard InChI is InChI=1S/C15H16BrNO/c1-11(18)14-9-8-12(16)10-15(14)17(2)13-6-4-3-5-7-13/h3-11,18H,1-2H3. The zero-order valence-electron chi connectivity index (χ0n) is 10.5. The number of benzene rings is 2. The van der Waals surface area contributed by atoms with Crippen LogP contribution in [0.25, 0.3) is 0 Å². The maximum absolute atomic E-state index is 9.85. The zero-order chi connectivity index (χ0) is 13.1. The van der Waals surface area contributed by atoms with Gasteiger partial charge in [0.1, 0.15) is 0 Å². The van der Waals surface area contributed by atoms with E-state index in [-0.39, 0.29) is 0 Å². The van der Waals surface area contributed by atoms with E-state index in [1.54, 1.807) is 6.92 Å². The van der Waals surface area contributed by atoms with Gasteiger partial charge in [-0.15, -0.1) is 0 Å². The third-order valence-electron chi connectivity index (χ3n) is 2.95. The Labute approximate surface area is 116 Å². The Morgan fingerprint density at radius 2 is 1.78 bits per heavy atom. The molecule has 0 aromatic heterocycles. The van der Waals surface area contributed by atoms with E-state index in [1.165, 1.54) is 0 Å². The molecule has 2 rings (SSSR count). The lowest BCUT2D eigenvalue weighted by Crippen LogP contribution is -2.12. The number of nitrogens with zero attached hydrogens (tertiary/aromatic N) is 1. The molecule has 0 fully saturated rings. The summed E-state index contributed by atoms with van der Waals surface area (Å²) in [6, 6.07) is 16.0. The van der Waals surface area contributed by atoms with Crippen LogP contribution in [0.3, 0.4) is 0 Å². The van der Waals surface area contributed by atoms with Gasteiger partial charge in [-0.05, 0) is 31.2 Å². The van der Waals surface area contributed by atoms with Crippen molar-refractivity contribution in [2.75, 3.05) is 11.9 Å². The van der Waals surface area contributed by atoms with Gasteiger partial charge in [0, 0.05) is 28.5 Å². The monoisotopic (exact) mass is 305 g/mol. The molecule has 0 amide bonds. The van der Waals surface area contributed by atoms with Crippen LogP contribution in [0.15, 0.2) is 53.0 Å². The van der Waals surface area contributed by atoms with Crippen molar-refractivity contribution in [2.45, 2.75) is 13.0 Å². The van der Waals surface area contributed by atoms with Crippen LogP contribution in [0.4, 0.5) is 11.4 Å². The van der Waals surface area contributed by atoms with Crippen LogP contribution >= 0.6 is 15.9 Å². The summed E-state index contributed by atoms with van der Waals surface area (Å²) in [5.74, 6) is 0. The highest BCUT2D eigenvalue weighted by Gasteiger charge is 2.13. The lowest BCUT2D eigenvalue weighted by molar-refractivity contribution is 0.200. The Morgan fingerprint density at radius 1 is 1.11 bits per heavy atom. The van der Waals surface area contributed by atoms with Crippen LogP contribution < -0.4 is 4.90 Å². The fourth-order valence-corrected chi connectivity index (χ4v) is 2.30. The molecule has 1 N–H and O–H groups in total. The SMILES string of the molecule is CC(O)c1ccc(Br)cc1N(C)c1ccccc1. The number of aliphatic hydroxyl groups is 1. The molecule has 0 saturated carbocycles. The molecule has 0 saturated heterocycles. The summed E-state index contributed by atoms with van der Waals surface area (Å²) in [6.45, 7) is 1.78. The maximum Gasteiger partial charge on any atom is 0.0782 e. The lowest BCUT2D eigenvalue weighted by atomic mass is 10.1. The van der Waals surface area contributed by atoms with Gasteiger partial charge in [-0.25, -0.2) is 0 Å². The molecule has 0 radical (unpaired) electrons. The van der Waals surface area contributed by atoms with Crippen LogP contribution in [-0.2, 0) is 0 Å². The third-order valence-corrected chi connectivity index (χ3v) is 3.44. The summed E-state index contributed by atoms with van der Waals surface area (Å²) in [7, 11) is 2.00. The second-order valence-corrected chi connectivity index (χ2v) is 5.19. The second kappa shape index (κ2) is 5.55. The molecular weight excluding hydrogens is 290 g/mol. The van der Waals surface area contributed by atoms with Gasteiger partial charge in [0.15, 0.2) is 0 Å². The quantitative estimate of drug-likeness (QED) is 0.915. The Balaban J connectivity index is 2.47. The first kappa shape index (κ1) is 13.1. The van der Waals surface area contributed by atoms with E-state index < -0.39 is 6.10 Å². The lowest BCUT2D eigenvalue weighted by Gasteiger charge is -2.24.